The van der Waals surface area contributed by atoms with Gasteiger partial charge in [-0.1, -0.05) is 17.4 Å². The highest BCUT2D eigenvalue weighted by atomic mass is 32.1. The van der Waals surface area contributed by atoms with Crippen LogP contribution in [-0.2, 0) is 0 Å². The van der Waals surface area contributed by atoms with Crippen molar-refractivity contribution >= 4 is 33.7 Å². The standard InChI is InChI=1S/C18H15N3O4S2/c1-23-12-7-10(8-13(24-2)15(12)25-3)16-19-18-21(20-16)17(22)14(27-18)9-11-5-4-6-26-11/h4-9H,1-3H3. The number of methoxy groups -OCH3 is 3. The second-order valence-corrected chi connectivity index (χ2v) is 7.46. The largest absolute Gasteiger partial charge is 0.493 e. The van der Waals surface area contributed by atoms with Crippen LogP contribution in [0, 0.1) is 0 Å². The van der Waals surface area contributed by atoms with E-state index in [1.165, 1.54) is 15.9 Å². The molecule has 0 radical (unpaired) electrons. The molecule has 9 heteroatoms. The normalized spacial score (nSPS) is 11.9. The molecule has 27 heavy (non-hydrogen) atoms. The monoisotopic (exact) mass is 401 g/mol. The zero-order valence-electron chi connectivity index (χ0n) is 14.8. The van der Waals surface area contributed by atoms with Crippen LogP contribution in [0.5, 0.6) is 17.2 Å². The number of rotatable bonds is 5. The average Bonchev–Trinajstić information content (AvgIpc) is 3.40. The Kier molecular flexibility index (Phi) is 4.54. The van der Waals surface area contributed by atoms with Crippen LogP contribution in [0.1, 0.15) is 4.88 Å². The van der Waals surface area contributed by atoms with E-state index < -0.39 is 0 Å². The van der Waals surface area contributed by atoms with Crippen molar-refractivity contribution in [2.75, 3.05) is 21.3 Å². The molecule has 0 aliphatic carbocycles. The fourth-order valence-corrected chi connectivity index (χ4v) is 4.30. The van der Waals surface area contributed by atoms with Gasteiger partial charge in [0.05, 0.1) is 25.9 Å². The van der Waals surface area contributed by atoms with Gasteiger partial charge in [-0.2, -0.15) is 9.50 Å². The Morgan fingerprint density at radius 1 is 1.11 bits per heavy atom. The lowest BCUT2D eigenvalue weighted by molar-refractivity contribution is 0.324. The molecule has 4 rings (SSSR count). The van der Waals surface area contributed by atoms with Gasteiger partial charge in [0.2, 0.25) is 10.7 Å². The van der Waals surface area contributed by atoms with Crippen molar-refractivity contribution in [1.29, 1.82) is 0 Å². The first-order valence-electron chi connectivity index (χ1n) is 7.89. The van der Waals surface area contributed by atoms with Crippen LogP contribution in [0.2, 0.25) is 0 Å². The molecule has 7 nitrogen and oxygen atoms in total. The summed E-state index contributed by atoms with van der Waals surface area (Å²) < 4.78 is 18.0. The molecule has 3 heterocycles. The van der Waals surface area contributed by atoms with E-state index >= 15 is 0 Å². The number of hydrogen-bond acceptors (Lipinski definition) is 8. The highest BCUT2D eigenvalue weighted by Crippen LogP contribution is 2.40. The summed E-state index contributed by atoms with van der Waals surface area (Å²) in [7, 11) is 4.63. The van der Waals surface area contributed by atoms with Crippen molar-refractivity contribution in [3.05, 3.63) is 49.4 Å². The average molecular weight is 401 g/mol. The second-order valence-electron chi connectivity index (χ2n) is 5.48. The summed E-state index contributed by atoms with van der Waals surface area (Å²) in [6.07, 6.45) is 1.85. The Morgan fingerprint density at radius 2 is 1.85 bits per heavy atom. The molecule has 4 aromatic rings. The van der Waals surface area contributed by atoms with Gasteiger partial charge in [-0.05, 0) is 29.7 Å². The lowest BCUT2D eigenvalue weighted by atomic mass is 10.1. The number of fused-ring (bicyclic) bond motifs is 1. The number of aromatic nitrogens is 3. The first kappa shape index (κ1) is 17.5. The molecule has 0 aliphatic rings. The third-order valence-electron chi connectivity index (χ3n) is 3.92. The number of hydrogen-bond donors (Lipinski definition) is 0. The summed E-state index contributed by atoms with van der Waals surface area (Å²) in [5, 5.41) is 6.34. The molecular weight excluding hydrogens is 386 g/mol. The maximum Gasteiger partial charge on any atom is 0.291 e. The predicted octanol–water partition coefficient (Wildman–Crippen LogP) is 2.45. The van der Waals surface area contributed by atoms with Crippen molar-refractivity contribution in [2.45, 2.75) is 0 Å². The van der Waals surface area contributed by atoms with Gasteiger partial charge in [0.1, 0.15) is 0 Å². The maximum atomic E-state index is 12.6. The molecule has 0 saturated carbocycles. The van der Waals surface area contributed by atoms with Gasteiger partial charge in [0.15, 0.2) is 17.3 Å². The smallest absolute Gasteiger partial charge is 0.291 e. The minimum absolute atomic E-state index is 0.186. The van der Waals surface area contributed by atoms with Crippen LogP contribution < -0.4 is 24.3 Å². The Hall–Kier alpha value is -2.91. The molecule has 0 N–H and O–H groups in total. The Balaban J connectivity index is 1.83. The van der Waals surface area contributed by atoms with Crippen LogP contribution >= 0.6 is 22.7 Å². The topological polar surface area (TPSA) is 75.0 Å². The minimum atomic E-state index is -0.186. The van der Waals surface area contributed by atoms with Crippen molar-refractivity contribution in [3.8, 4) is 28.6 Å². The third-order valence-corrected chi connectivity index (χ3v) is 5.70. The fraction of sp³-hybridized carbons (Fsp3) is 0.167. The molecule has 0 bridgehead atoms. The van der Waals surface area contributed by atoms with E-state index in [4.69, 9.17) is 14.2 Å². The van der Waals surface area contributed by atoms with Crippen LogP contribution in [0.3, 0.4) is 0 Å². The van der Waals surface area contributed by atoms with E-state index in [1.807, 2.05) is 23.6 Å². The number of benzene rings is 1. The summed E-state index contributed by atoms with van der Waals surface area (Å²) in [6.45, 7) is 0. The van der Waals surface area contributed by atoms with Gasteiger partial charge in [0, 0.05) is 10.4 Å². The van der Waals surface area contributed by atoms with Gasteiger partial charge < -0.3 is 14.2 Å². The lowest BCUT2D eigenvalue weighted by Crippen LogP contribution is -2.23. The summed E-state index contributed by atoms with van der Waals surface area (Å²) in [5.41, 5.74) is 0.484. The van der Waals surface area contributed by atoms with E-state index in [1.54, 1.807) is 44.8 Å². The van der Waals surface area contributed by atoms with Crippen molar-refractivity contribution in [1.82, 2.24) is 14.6 Å². The first-order chi connectivity index (χ1) is 13.1. The van der Waals surface area contributed by atoms with Crippen molar-refractivity contribution < 1.29 is 14.2 Å². The second kappa shape index (κ2) is 7.01. The van der Waals surface area contributed by atoms with E-state index in [2.05, 4.69) is 10.1 Å². The highest BCUT2D eigenvalue weighted by Gasteiger charge is 2.18. The minimum Gasteiger partial charge on any atom is -0.493 e. The number of thiophene rings is 1. The van der Waals surface area contributed by atoms with E-state index in [0.717, 1.165) is 4.88 Å². The fourth-order valence-electron chi connectivity index (χ4n) is 2.67. The molecule has 0 amide bonds. The number of ether oxygens (including phenoxy) is 3. The van der Waals surface area contributed by atoms with Crippen LogP contribution in [0.4, 0.5) is 0 Å². The van der Waals surface area contributed by atoms with Gasteiger partial charge in [-0.3, -0.25) is 4.79 Å². The van der Waals surface area contributed by atoms with E-state index in [9.17, 15) is 4.79 Å². The van der Waals surface area contributed by atoms with E-state index in [0.29, 0.717) is 38.1 Å². The third kappa shape index (κ3) is 3.04. The van der Waals surface area contributed by atoms with Gasteiger partial charge in [-0.15, -0.1) is 16.4 Å². The number of nitrogens with zero attached hydrogens (tertiary/aromatic N) is 3. The maximum absolute atomic E-state index is 12.6. The molecule has 1 aromatic carbocycles. The summed E-state index contributed by atoms with van der Waals surface area (Å²) in [4.78, 5) is 18.7. The van der Waals surface area contributed by atoms with Crippen LogP contribution in [0.25, 0.3) is 22.4 Å². The predicted molar refractivity (Wildman–Crippen MR) is 105 cm³/mol. The van der Waals surface area contributed by atoms with Gasteiger partial charge in [-0.25, -0.2) is 0 Å². The van der Waals surface area contributed by atoms with Crippen LogP contribution in [-0.4, -0.2) is 35.9 Å². The lowest BCUT2D eigenvalue weighted by Gasteiger charge is -2.12. The Bertz CT molecular complexity index is 1190. The van der Waals surface area contributed by atoms with Crippen LogP contribution in [0.15, 0.2) is 34.4 Å². The van der Waals surface area contributed by atoms with Gasteiger partial charge >= 0.3 is 0 Å². The molecule has 0 aliphatic heterocycles. The van der Waals surface area contributed by atoms with Crippen molar-refractivity contribution in [2.24, 2.45) is 0 Å². The Labute approximate surface area is 162 Å². The molecule has 0 atom stereocenters. The molecule has 0 saturated heterocycles. The quantitative estimate of drug-likeness (QED) is 0.511. The van der Waals surface area contributed by atoms with Crippen molar-refractivity contribution in [3.63, 3.8) is 0 Å². The Morgan fingerprint density at radius 3 is 2.41 bits per heavy atom. The number of thiazole rings is 1. The summed E-state index contributed by atoms with van der Waals surface area (Å²) in [6, 6.07) is 7.41. The summed E-state index contributed by atoms with van der Waals surface area (Å²) in [5.74, 6) is 1.90. The zero-order chi connectivity index (χ0) is 19.0. The zero-order valence-corrected chi connectivity index (χ0v) is 16.4. The molecule has 0 fully saturated rings. The molecule has 0 unspecified atom stereocenters. The molecular formula is C18H15N3O4S2. The highest BCUT2D eigenvalue weighted by molar-refractivity contribution is 7.15. The molecule has 3 aromatic heterocycles. The van der Waals surface area contributed by atoms with Gasteiger partial charge in [0.25, 0.3) is 5.56 Å². The first-order valence-corrected chi connectivity index (χ1v) is 9.59. The molecule has 138 valence electrons. The molecule has 0 spiro atoms. The summed E-state index contributed by atoms with van der Waals surface area (Å²) >= 11 is 2.88. The van der Waals surface area contributed by atoms with E-state index in [-0.39, 0.29) is 5.56 Å². The SMILES string of the molecule is COc1cc(-c2nc3sc(=Cc4cccs4)c(=O)n3n2)cc(OC)c1OC.